The number of aliphatic hydroxyl groups is 1. The second-order valence-electron chi connectivity index (χ2n) is 4.92. The van der Waals surface area contributed by atoms with Crippen molar-refractivity contribution < 1.29 is 14.9 Å². The maximum absolute atomic E-state index is 10.6. The fourth-order valence-electron chi connectivity index (χ4n) is 2.33. The zero-order valence-corrected chi connectivity index (χ0v) is 18.1. The van der Waals surface area contributed by atoms with Crippen molar-refractivity contribution in [3.05, 3.63) is 64.8 Å². The second-order valence-corrected chi connectivity index (χ2v) is 8.49. The van der Waals surface area contributed by atoms with Gasteiger partial charge in [-0.05, 0) is 103 Å². The van der Waals surface area contributed by atoms with Crippen LogP contribution in [0.4, 0.5) is 0 Å². The van der Waals surface area contributed by atoms with Gasteiger partial charge in [-0.1, -0.05) is 24.3 Å². The maximum Gasteiger partial charge on any atom is 0.224 e. The lowest BCUT2D eigenvalue weighted by Crippen LogP contribution is -2.09. The van der Waals surface area contributed by atoms with Crippen molar-refractivity contribution in [2.75, 3.05) is 0 Å². The number of hydrogen-bond acceptors (Lipinski definition) is 3. The molecule has 0 heterocycles. The van der Waals surface area contributed by atoms with Gasteiger partial charge in [-0.2, -0.15) is 0 Å². The van der Waals surface area contributed by atoms with Gasteiger partial charge in [-0.3, -0.25) is 0 Å². The van der Waals surface area contributed by atoms with E-state index in [1.54, 1.807) is 18.2 Å². The number of aromatic hydroxyl groups is 1. The van der Waals surface area contributed by atoms with Crippen LogP contribution in [0.3, 0.4) is 0 Å². The van der Waals surface area contributed by atoms with Gasteiger partial charge >= 0.3 is 0 Å². The number of ether oxygens (including phenoxy) is 1. The molecule has 0 spiro atoms. The van der Waals surface area contributed by atoms with Crippen LogP contribution in [0, 0.1) is 10.7 Å². The van der Waals surface area contributed by atoms with Gasteiger partial charge in [0.1, 0.15) is 11.5 Å². The van der Waals surface area contributed by atoms with Crippen molar-refractivity contribution in [1.29, 1.82) is 0 Å². The van der Waals surface area contributed by atoms with Crippen molar-refractivity contribution >= 4 is 78.5 Å². The Morgan fingerprint density at radius 3 is 2.30 bits per heavy atom. The van der Waals surface area contributed by atoms with E-state index in [2.05, 4.69) is 67.8 Å². The Balaban J connectivity index is 2.00. The number of benzene rings is 3. The average Bonchev–Trinajstić information content (AvgIpc) is 2.49. The topological polar surface area (TPSA) is 49.7 Å². The van der Waals surface area contributed by atoms with Crippen molar-refractivity contribution in [2.24, 2.45) is 0 Å². The molecule has 3 aromatic carbocycles. The van der Waals surface area contributed by atoms with Crippen LogP contribution in [0.1, 0.15) is 11.9 Å². The van der Waals surface area contributed by atoms with E-state index in [1.165, 1.54) is 0 Å². The highest BCUT2D eigenvalue weighted by Gasteiger charge is 2.17. The summed E-state index contributed by atoms with van der Waals surface area (Å²) in [6.07, 6.45) is -1.08. The van der Waals surface area contributed by atoms with E-state index in [4.69, 9.17) is 4.74 Å². The third-order valence-corrected chi connectivity index (χ3v) is 5.58. The molecular weight excluding hydrogens is 633 g/mol. The van der Waals surface area contributed by atoms with Gasteiger partial charge in [0.25, 0.3) is 0 Å². The summed E-state index contributed by atoms with van der Waals surface area (Å²) in [7, 11) is 0. The van der Waals surface area contributed by atoms with Crippen LogP contribution in [0.15, 0.2) is 48.5 Å². The van der Waals surface area contributed by atoms with Gasteiger partial charge in [-0.15, -0.1) is 0 Å². The van der Waals surface area contributed by atoms with Gasteiger partial charge in [0, 0.05) is 9.13 Å². The first kappa shape index (κ1) is 17.5. The lowest BCUT2D eigenvalue weighted by molar-refractivity contribution is -0.0195. The first-order valence-corrected chi connectivity index (χ1v) is 9.90. The Labute approximate surface area is 174 Å². The standard InChI is InChI=1S/C17H11I3O3/c18-10-7-14(19)16(15(20)8-10)23-17(22)13-3-1-2-9-6-11(21)4-5-12(9)13/h1-8,17,21-22H. The Morgan fingerprint density at radius 2 is 1.61 bits per heavy atom. The molecule has 0 saturated carbocycles. The van der Waals surface area contributed by atoms with Crippen molar-refractivity contribution in [3.63, 3.8) is 0 Å². The number of phenolic OH excluding ortho intramolecular Hbond substituents is 1. The fraction of sp³-hybridized carbons (Fsp3) is 0.0588. The molecule has 0 aliphatic heterocycles. The van der Waals surface area contributed by atoms with Crippen LogP contribution in [-0.2, 0) is 0 Å². The molecule has 0 fully saturated rings. The molecule has 0 aromatic heterocycles. The Kier molecular flexibility index (Phi) is 5.53. The predicted molar refractivity (Wildman–Crippen MR) is 116 cm³/mol. The number of phenols is 1. The molecular formula is C17H11I3O3. The smallest absolute Gasteiger partial charge is 0.224 e. The van der Waals surface area contributed by atoms with Gasteiger partial charge in [-0.25, -0.2) is 0 Å². The second kappa shape index (κ2) is 7.28. The number of hydrogen-bond donors (Lipinski definition) is 2. The summed E-state index contributed by atoms with van der Waals surface area (Å²) in [6, 6.07) is 14.6. The van der Waals surface area contributed by atoms with E-state index < -0.39 is 6.29 Å². The predicted octanol–water partition coefficient (Wildman–Crippen LogP) is 5.43. The molecule has 1 atom stereocenters. The Morgan fingerprint density at radius 1 is 0.913 bits per heavy atom. The van der Waals surface area contributed by atoms with Crippen LogP contribution in [0.2, 0.25) is 0 Å². The number of halogens is 3. The first-order valence-electron chi connectivity index (χ1n) is 6.66. The van der Waals surface area contributed by atoms with Crippen LogP contribution in [0.5, 0.6) is 11.5 Å². The zero-order valence-electron chi connectivity index (χ0n) is 11.6. The molecule has 0 amide bonds. The number of fused-ring (bicyclic) bond motifs is 1. The van der Waals surface area contributed by atoms with Crippen LogP contribution in [0.25, 0.3) is 10.8 Å². The summed E-state index contributed by atoms with van der Waals surface area (Å²) in [5.74, 6) is 0.877. The van der Waals surface area contributed by atoms with E-state index in [-0.39, 0.29) is 5.75 Å². The molecule has 2 N–H and O–H groups in total. The highest BCUT2D eigenvalue weighted by Crippen LogP contribution is 2.34. The highest BCUT2D eigenvalue weighted by molar-refractivity contribution is 14.1. The van der Waals surface area contributed by atoms with Gasteiger partial charge in [0.05, 0.1) is 7.14 Å². The normalized spacial score (nSPS) is 12.3. The third kappa shape index (κ3) is 3.85. The fourth-order valence-corrected chi connectivity index (χ4v) is 6.17. The van der Waals surface area contributed by atoms with Crippen molar-refractivity contribution in [2.45, 2.75) is 6.29 Å². The summed E-state index contributed by atoms with van der Waals surface area (Å²) in [5, 5.41) is 21.9. The average molecular weight is 644 g/mol. The molecule has 6 heteroatoms. The zero-order chi connectivity index (χ0) is 16.6. The van der Waals surface area contributed by atoms with Crippen LogP contribution < -0.4 is 4.74 Å². The van der Waals surface area contributed by atoms with Gasteiger partial charge in [0.2, 0.25) is 6.29 Å². The first-order chi connectivity index (χ1) is 11.0. The molecule has 3 aromatic rings. The third-order valence-electron chi connectivity index (χ3n) is 3.36. The summed E-state index contributed by atoms with van der Waals surface area (Å²) >= 11 is 6.67. The molecule has 23 heavy (non-hydrogen) atoms. The molecule has 3 nitrogen and oxygen atoms in total. The van der Waals surface area contributed by atoms with Crippen molar-refractivity contribution in [3.8, 4) is 11.5 Å². The minimum atomic E-state index is -1.08. The molecule has 0 aliphatic rings. The lowest BCUT2D eigenvalue weighted by atomic mass is 10.0. The highest BCUT2D eigenvalue weighted by atomic mass is 127. The monoisotopic (exact) mass is 644 g/mol. The maximum atomic E-state index is 10.6. The molecule has 0 radical (unpaired) electrons. The molecule has 0 saturated heterocycles. The summed E-state index contributed by atoms with van der Waals surface area (Å²) in [5.41, 5.74) is 0.674. The van der Waals surface area contributed by atoms with Gasteiger partial charge in [0.15, 0.2) is 0 Å². The number of aliphatic hydroxyl groups excluding tert-OH is 1. The lowest BCUT2D eigenvalue weighted by Gasteiger charge is -2.18. The molecule has 1 unspecified atom stereocenters. The number of rotatable bonds is 3. The minimum Gasteiger partial charge on any atom is -0.508 e. The SMILES string of the molecule is Oc1ccc2c(C(O)Oc3c(I)cc(I)cc3I)cccc2c1. The largest absolute Gasteiger partial charge is 0.508 e. The summed E-state index contributed by atoms with van der Waals surface area (Å²) in [4.78, 5) is 0. The van der Waals surface area contributed by atoms with Crippen LogP contribution >= 0.6 is 67.8 Å². The van der Waals surface area contributed by atoms with E-state index in [9.17, 15) is 10.2 Å². The van der Waals surface area contributed by atoms with E-state index in [0.717, 1.165) is 21.5 Å². The van der Waals surface area contributed by atoms with Crippen LogP contribution in [-0.4, -0.2) is 10.2 Å². The Hall–Kier alpha value is -0.330. The summed E-state index contributed by atoms with van der Waals surface area (Å²) < 4.78 is 8.86. The summed E-state index contributed by atoms with van der Waals surface area (Å²) in [6.45, 7) is 0. The van der Waals surface area contributed by atoms with Crippen molar-refractivity contribution in [1.82, 2.24) is 0 Å². The quantitative estimate of drug-likeness (QED) is 0.296. The molecule has 3 rings (SSSR count). The minimum absolute atomic E-state index is 0.201. The molecule has 0 aliphatic carbocycles. The van der Waals surface area contributed by atoms with E-state index in [0.29, 0.717) is 11.3 Å². The van der Waals surface area contributed by atoms with E-state index >= 15 is 0 Å². The molecule has 118 valence electrons. The molecule has 0 bridgehead atoms. The Bertz CT molecular complexity index is 857. The van der Waals surface area contributed by atoms with Gasteiger partial charge < -0.3 is 14.9 Å². The van der Waals surface area contributed by atoms with E-state index in [1.807, 2.05) is 30.3 Å².